The number of carbonyl (C=O) groups excluding carboxylic acids is 1. The molecule has 0 unspecified atom stereocenters. The molecule has 104 valence electrons. The van der Waals surface area contributed by atoms with E-state index < -0.39 is 5.97 Å². The van der Waals surface area contributed by atoms with E-state index in [9.17, 15) is 4.79 Å². The van der Waals surface area contributed by atoms with E-state index in [2.05, 4.69) is 19.7 Å². The lowest BCUT2D eigenvalue weighted by molar-refractivity contribution is 0.0593. The Kier molecular flexibility index (Phi) is 4.84. The molecule has 0 fully saturated rings. The molecule has 0 aliphatic heterocycles. The van der Waals surface area contributed by atoms with Crippen molar-refractivity contribution < 1.29 is 14.3 Å². The average Bonchev–Trinajstić information content (AvgIpc) is 2.47. The number of methoxy groups -OCH3 is 1. The first-order valence-electron chi connectivity index (χ1n) is 5.84. The van der Waals surface area contributed by atoms with Gasteiger partial charge >= 0.3 is 5.97 Å². The maximum absolute atomic E-state index is 11.4. The molecule has 0 N–H and O–H groups in total. The third-order valence-electron chi connectivity index (χ3n) is 2.40. The van der Waals surface area contributed by atoms with Gasteiger partial charge in [0.15, 0.2) is 5.69 Å². The Bertz CT molecular complexity index is 593. The Labute approximate surface area is 120 Å². The first-order chi connectivity index (χ1) is 9.69. The predicted molar refractivity (Wildman–Crippen MR) is 71.8 cm³/mol. The molecule has 6 nitrogen and oxygen atoms in total. The maximum atomic E-state index is 11.4. The fourth-order valence-electron chi connectivity index (χ4n) is 1.49. The van der Waals surface area contributed by atoms with Crippen LogP contribution in [0.25, 0.3) is 0 Å². The van der Waals surface area contributed by atoms with Gasteiger partial charge in [0.1, 0.15) is 0 Å². The van der Waals surface area contributed by atoms with Gasteiger partial charge in [-0.3, -0.25) is 4.98 Å². The number of carbonyl (C=O) groups is 1. The van der Waals surface area contributed by atoms with Crippen LogP contribution >= 0.6 is 11.6 Å². The number of halogens is 1. The van der Waals surface area contributed by atoms with E-state index in [1.807, 2.05) is 18.2 Å². The van der Waals surface area contributed by atoms with E-state index in [1.165, 1.54) is 13.2 Å². The minimum absolute atomic E-state index is 0.0559. The lowest BCUT2D eigenvalue weighted by atomic mass is 10.3. The van der Waals surface area contributed by atoms with Gasteiger partial charge in [-0.15, -0.1) is 0 Å². The number of ether oxygens (including phenoxy) is 2. The Morgan fingerprint density at radius 3 is 2.90 bits per heavy atom. The van der Waals surface area contributed by atoms with Gasteiger partial charge < -0.3 is 9.47 Å². The topological polar surface area (TPSA) is 74.2 Å². The van der Waals surface area contributed by atoms with Crippen molar-refractivity contribution in [2.75, 3.05) is 13.7 Å². The molecule has 20 heavy (non-hydrogen) atoms. The van der Waals surface area contributed by atoms with Crippen molar-refractivity contribution >= 4 is 17.6 Å². The number of hydrogen-bond acceptors (Lipinski definition) is 6. The highest BCUT2D eigenvalue weighted by Gasteiger charge is 2.12. The van der Waals surface area contributed by atoms with E-state index in [4.69, 9.17) is 16.3 Å². The molecule has 0 amide bonds. The van der Waals surface area contributed by atoms with Crippen molar-refractivity contribution in [3.8, 4) is 5.88 Å². The molecule has 0 saturated heterocycles. The van der Waals surface area contributed by atoms with Crippen LogP contribution in [0.4, 0.5) is 0 Å². The van der Waals surface area contributed by atoms with Crippen molar-refractivity contribution in [2.45, 2.75) is 6.42 Å². The molecule has 0 saturated carbocycles. The highest BCUT2D eigenvalue weighted by Crippen LogP contribution is 2.13. The number of aromatic nitrogens is 3. The van der Waals surface area contributed by atoms with Gasteiger partial charge in [0.25, 0.3) is 0 Å². The summed E-state index contributed by atoms with van der Waals surface area (Å²) in [6, 6.07) is 7.03. The molecule has 0 spiro atoms. The van der Waals surface area contributed by atoms with Gasteiger partial charge in [-0.05, 0) is 23.7 Å². The van der Waals surface area contributed by atoms with Crippen LogP contribution in [-0.2, 0) is 11.2 Å². The summed E-state index contributed by atoms with van der Waals surface area (Å²) in [5.74, 6) is -0.370. The van der Waals surface area contributed by atoms with E-state index in [0.717, 1.165) is 5.69 Å². The summed E-state index contributed by atoms with van der Waals surface area (Å²) in [5.41, 5.74) is 0.959. The first-order valence-corrected chi connectivity index (χ1v) is 6.22. The highest BCUT2D eigenvalue weighted by atomic mass is 35.5. The largest absolute Gasteiger partial charge is 0.477 e. The standard InChI is InChI=1S/C13H12ClN3O3/c1-19-12(18)10-8-11(17-13(14)16-10)20-7-5-9-4-2-3-6-15-9/h2-4,6,8H,5,7H2,1H3. The molecule has 7 heteroatoms. The Hall–Kier alpha value is -2.21. The van der Waals surface area contributed by atoms with E-state index in [1.54, 1.807) is 6.20 Å². The third-order valence-corrected chi connectivity index (χ3v) is 2.57. The summed E-state index contributed by atoms with van der Waals surface area (Å²) in [6.07, 6.45) is 2.34. The second kappa shape index (κ2) is 6.81. The van der Waals surface area contributed by atoms with Crippen LogP contribution in [0.5, 0.6) is 5.88 Å². The minimum Gasteiger partial charge on any atom is -0.477 e. The minimum atomic E-state index is -0.594. The van der Waals surface area contributed by atoms with Crippen molar-refractivity contribution in [2.24, 2.45) is 0 Å². The molecule has 0 bridgehead atoms. The van der Waals surface area contributed by atoms with E-state index in [-0.39, 0.29) is 16.9 Å². The van der Waals surface area contributed by atoms with Gasteiger partial charge in [-0.1, -0.05) is 6.07 Å². The quantitative estimate of drug-likeness (QED) is 0.619. The monoisotopic (exact) mass is 293 g/mol. The molecule has 0 aliphatic rings. The van der Waals surface area contributed by atoms with Crippen molar-refractivity contribution in [1.29, 1.82) is 0 Å². The molecule has 0 aliphatic carbocycles. The van der Waals surface area contributed by atoms with E-state index in [0.29, 0.717) is 13.0 Å². The van der Waals surface area contributed by atoms with Gasteiger partial charge in [-0.25, -0.2) is 9.78 Å². The van der Waals surface area contributed by atoms with Crippen molar-refractivity contribution in [3.05, 3.63) is 47.1 Å². The Morgan fingerprint density at radius 1 is 1.35 bits per heavy atom. The maximum Gasteiger partial charge on any atom is 0.356 e. The first kappa shape index (κ1) is 14.2. The lowest BCUT2D eigenvalue weighted by Crippen LogP contribution is -2.08. The predicted octanol–water partition coefficient (Wildman–Crippen LogP) is 1.93. The summed E-state index contributed by atoms with van der Waals surface area (Å²) in [4.78, 5) is 23.2. The molecule has 2 rings (SSSR count). The van der Waals surface area contributed by atoms with Crippen molar-refractivity contribution in [1.82, 2.24) is 15.0 Å². The van der Waals surface area contributed by atoms with Crippen LogP contribution in [0.3, 0.4) is 0 Å². The van der Waals surface area contributed by atoms with Gasteiger partial charge in [0.05, 0.1) is 13.7 Å². The number of pyridine rings is 1. The molecule has 0 atom stereocenters. The lowest BCUT2D eigenvalue weighted by Gasteiger charge is -2.06. The molecular weight excluding hydrogens is 282 g/mol. The number of rotatable bonds is 5. The van der Waals surface area contributed by atoms with Crippen molar-refractivity contribution in [3.63, 3.8) is 0 Å². The Balaban J connectivity index is 1.99. The smallest absolute Gasteiger partial charge is 0.356 e. The summed E-state index contributed by atoms with van der Waals surface area (Å²) in [7, 11) is 1.26. The summed E-state index contributed by atoms with van der Waals surface area (Å²) >= 11 is 5.72. The van der Waals surface area contributed by atoms with Crippen LogP contribution in [0.1, 0.15) is 16.2 Å². The number of nitrogens with zero attached hydrogens (tertiary/aromatic N) is 3. The second-order valence-corrected chi connectivity index (χ2v) is 4.11. The molecule has 2 heterocycles. The highest BCUT2D eigenvalue weighted by molar-refractivity contribution is 6.28. The van der Waals surface area contributed by atoms with Gasteiger partial charge in [0.2, 0.25) is 11.2 Å². The third kappa shape index (κ3) is 3.89. The number of hydrogen-bond donors (Lipinski definition) is 0. The van der Waals surface area contributed by atoms with Crippen LogP contribution in [0.15, 0.2) is 30.5 Å². The van der Waals surface area contributed by atoms with E-state index >= 15 is 0 Å². The average molecular weight is 294 g/mol. The molecule has 2 aromatic rings. The van der Waals surface area contributed by atoms with Gasteiger partial charge in [0, 0.05) is 24.4 Å². The van der Waals surface area contributed by atoms with Crippen LogP contribution in [0.2, 0.25) is 5.28 Å². The molecule has 2 aromatic heterocycles. The van der Waals surface area contributed by atoms with Crippen LogP contribution in [-0.4, -0.2) is 34.6 Å². The normalized spacial score (nSPS) is 10.1. The zero-order valence-corrected chi connectivity index (χ0v) is 11.5. The molecular formula is C13H12ClN3O3. The summed E-state index contributed by atoms with van der Waals surface area (Å²) in [6.45, 7) is 0.366. The fraction of sp³-hybridized carbons (Fsp3) is 0.231. The molecule has 0 radical (unpaired) electrons. The SMILES string of the molecule is COC(=O)c1cc(OCCc2ccccn2)nc(Cl)n1. The fourth-order valence-corrected chi connectivity index (χ4v) is 1.66. The summed E-state index contributed by atoms with van der Waals surface area (Å²) < 4.78 is 10.0. The molecule has 0 aromatic carbocycles. The van der Waals surface area contributed by atoms with Crippen LogP contribution in [0, 0.1) is 0 Å². The second-order valence-electron chi connectivity index (χ2n) is 3.77. The van der Waals surface area contributed by atoms with Crippen LogP contribution < -0.4 is 4.74 Å². The number of esters is 1. The zero-order chi connectivity index (χ0) is 14.4. The summed E-state index contributed by atoms with van der Waals surface area (Å²) in [5, 5.41) is -0.0688. The van der Waals surface area contributed by atoms with Gasteiger partial charge in [-0.2, -0.15) is 4.98 Å². The zero-order valence-electron chi connectivity index (χ0n) is 10.7. The Morgan fingerprint density at radius 2 is 2.20 bits per heavy atom.